The SMILES string of the molecule is CC(=CC(=O)[C@H](CCCCN)NC(=O)OCC1c2ccccc2-c2ccccc21)C(=O)O. The van der Waals surface area contributed by atoms with Crippen molar-refractivity contribution < 1.29 is 24.2 Å². The molecule has 7 nitrogen and oxygen atoms in total. The third kappa shape index (κ3) is 5.42. The van der Waals surface area contributed by atoms with E-state index >= 15 is 0 Å². The van der Waals surface area contributed by atoms with Crippen LogP contribution < -0.4 is 11.1 Å². The molecule has 0 spiro atoms. The van der Waals surface area contributed by atoms with Crippen molar-refractivity contribution in [1.29, 1.82) is 0 Å². The summed E-state index contributed by atoms with van der Waals surface area (Å²) in [6.45, 7) is 1.94. The maximum Gasteiger partial charge on any atom is 0.407 e. The van der Waals surface area contributed by atoms with Gasteiger partial charge in [0.15, 0.2) is 5.78 Å². The first-order valence-corrected chi connectivity index (χ1v) is 10.7. The lowest BCUT2D eigenvalue weighted by atomic mass is 9.98. The summed E-state index contributed by atoms with van der Waals surface area (Å²) in [5.74, 6) is -1.75. The van der Waals surface area contributed by atoms with E-state index in [1.165, 1.54) is 6.92 Å². The Bertz CT molecular complexity index is 985. The topological polar surface area (TPSA) is 119 Å². The van der Waals surface area contributed by atoms with E-state index in [0.717, 1.165) is 28.3 Å². The maximum absolute atomic E-state index is 12.5. The first-order valence-electron chi connectivity index (χ1n) is 10.7. The van der Waals surface area contributed by atoms with Gasteiger partial charge < -0.3 is 20.9 Å². The van der Waals surface area contributed by atoms with Crippen LogP contribution in [0.1, 0.15) is 43.2 Å². The molecule has 0 saturated carbocycles. The molecule has 1 aliphatic carbocycles. The van der Waals surface area contributed by atoms with E-state index in [9.17, 15) is 14.4 Å². The third-order valence-electron chi connectivity index (χ3n) is 5.62. The van der Waals surface area contributed by atoms with Crippen LogP contribution in [-0.2, 0) is 14.3 Å². The number of amides is 1. The van der Waals surface area contributed by atoms with Gasteiger partial charge >= 0.3 is 12.1 Å². The Morgan fingerprint density at radius 3 is 2.22 bits per heavy atom. The highest BCUT2D eigenvalue weighted by Gasteiger charge is 2.29. The highest BCUT2D eigenvalue weighted by atomic mass is 16.5. The summed E-state index contributed by atoms with van der Waals surface area (Å²) in [6, 6.07) is 15.2. The van der Waals surface area contributed by atoms with E-state index < -0.39 is 23.9 Å². The molecule has 0 fully saturated rings. The number of carbonyl (C=O) groups is 3. The van der Waals surface area contributed by atoms with Crippen LogP contribution in [0.15, 0.2) is 60.2 Å². The minimum absolute atomic E-state index is 0.0892. The summed E-state index contributed by atoms with van der Waals surface area (Å²) < 4.78 is 5.52. The predicted molar refractivity (Wildman–Crippen MR) is 121 cm³/mol. The molecular formula is C25H28N2O5. The van der Waals surface area contributed by atoms with E-state index in [2.05, 4.69) is 17.4 Å². The Labute approximate surface area is 187 Å². The largest absolute Gasteiger partial charge is 0.478 e. The summed E-state index contributed by atoms with van der Waals surface area (Å²) in [4.78, 5) is 36.1. The number of rotatable bonds is 10. The molecule has 7 heteroatoms. The second-order valence-electron chi connectivity index (χ2n) is 7.84. The van der Waals surface area contributed by atoms with Gasteiger partial charge in [0.1, 0.15) is 6.61 Å². The molecule has 3 rings (SSSR count). The molecule has 1 amide bonds. The van der Waals surface area contributed by atoms with Crippen LogP contribution in [-0.4, -0.2) is 42.1 Å². The number of carboxylic acids is 1. The van der Waals surface area contributed by atoms with Crippen LogP contribution >= 0.6 is 0 Å². The van der Waals surface area contributed by atoms with Crippen molar-refractivity contribution in [2.45, 2.75) is 38.1 Å². The summed E-state index contributed by atoms with van der Waals surface area (Å²) in [6.07, 6.45) is 2.00. The van der Waals surface area contributed by atoms with Crippen molar-refractivity contribution in [3.63, 3.8) is 0 Å². The number of benzene rings is 2. The number of alkyl carbamates (subject to hydrolysis) is 1. The fourth-order valence-corrected chi connectivity index (χ4v) is 3.94. The van der Waals surface area contributed by atoms with E-state index in [4.69, 9.17) is 15.6 Å². The zero-order chi connectivity index (χ0) is 23.1. The quantitative estimate of drug-likeness (QED) is 0.387. The van der Waals surface area contributed by atoms with Crippen LogP contribution in [0.5, 0.6) is 0 Å². The maximum atomic E-state index is 12.5. The normalized spacial score (nSPS) is 13.8. The van der Waals surface area contributed by atoms with E-state index in [0.29, 0.717) is 25.8 Å². The van der Waals surface area contributed by atoms with E-state index in [1.807, 2.05) is 36.4 Å². The van der Waals surface area contributed by atoms with Gasteiger partial charge in [-0.2, -0.15) is 0 Å². The van der Waals surface area contributed by atoms with Crippen LogP contribution in [0, 0.1) is 0 Å². The highest BCUT2D eigenvalue weighted by Crippen LogP contribution is 2.44. The molecule has 2 aromatic rings. The lowest BCUT2D eigenvalue weighted by Gasteiger charge is -2.18. The number of aliphatic carboxylic acids is 1. The number of unbranched alkanes of at least 4 members (excludes halogenated alkanes) is 1. The van der Waals surface area contributed by atoms with Crippen molar-refractivity contribution in [1.82, 2.24) is 5.32 Å². The van der Waals surface area contributed by atoms with E-state index in [-0.39, 0.29) is 18.1 Å². The zero-order valence-corrected chi connectivity index (χ0v) is 18.0. The number of hydrogen-bond acceptors (Lipinski definition) is 5. The number of fused-ring (bicyclic) bond motifs is 3. The minimum Gasteiger partial charge on any atom is -0.478 e. The molecule has 4 N–H and O–H groups in total. The van der Waals surface area contributed by atoms with Gasteiger partial charge in [0, 0.05) is 11.5 Å². The average molecular weight is 437 g/mol. The number of carbonyl (C=O) groups excluding carboxylic acids is 2. The number of hydrogen-bond donors (Lipinski definition) is 3. The molecule has 0 bridgehead atoms. The number of ketones is 1. The monoisotopic (exact) mass is 436 g/mol. The van der Waals surface area contributed by atoms with E-state index in [1.54, 1.807) is 0 Å². The Balaban J connectivity index is 1.68. The lowest BCUT2D eigenvalue weighted by molar-refractivity contribution is -0.133. The van der Waals surface area contributed by atoms with Crippen LogP contribution in [0.25, 0.3) is 11.1 Å². The van der Waals surface area contributed by atoms with Gasteiger partial charge in [0.25, 0.3) is 0 Å². The second-order valence-corrected chi connectivity index (χ2v) is 7.84. The molecule has 1 atom stereocenters. The number of carboxylic acid groups (broad SMARTS) is 1. The number of nitrogens with one attached hydrogen (secondary N) is 1. The fraction of sp³-hybridized carbons (Fsp3) is 0.320. The molecule has 0 radical (unpaired) electrons. The van der Waals surface area contributed by atoms with Crippen molar-refractivity contribution in [2.75, 3.05) is 13.2 Å². The molecule has 0 heterocycles. The predicted octanol–water partition coefficient (Wildman–Crippen LogP) is 3.62. The Morgan fingerprint density at radius 1 is 1.06 bits per heavy atom. The summed E-state index contributed by atoms with van der Waals surface area (Å²) in [5, 5.41) is 11.6. The van der Waals surface area contributed by atoms with Crippen molar-refractivity contribution in [3.05, 3.63) is 71.3 Å². The lowest BCUT2D eigenvalue weighted by Crippen LogP contribution is -2.41. The molecule has 0 unspecified atom stereocenters. The van der Waals surface area contributed by atoms with Gasteiger partial charge in [0.2, 0.25) is 0 Å². The Morgan fingerprint density at radius 2 is 1.66 bits per heavy atom. The second kappa shape index (κ2) is 10.7. The molecule has 2 aromatic carbocycles. The van der Waals surface area contributed by atoms with Crippen LogP contribution in [0.2, 0.25) is 0 Å². The third-order valence-corrected chi connectivity index (χ3v) is 5.62. The van der Waals surface area contributed by atoms with Crippen LogP contribution in [0.3, 0.4) is 0 Å². The van der Waals surface area contributed by atoms with Crippen molar-refractivity contribution in [2.24, 2.45) is 5.73 Å². The van der Waals surface area contributed by atoms with Crippen LogP contribution in [0.4, 0.5) is 4.79 Å². The molecule has 32 heavy (non-hydrogen) atoms. The van der Waals surface area contributed by atoms with Gasteiger partial charge in [-0.05, 0) is 61.1 Å². The van der Waals surface area contributed by atoms with Crippen molar-refractivity contribution in [3.8, 4) is 11.1 Å². The van der Waals surface area contributed by atoms with Gasteiger partial charge in [-0.3, -0.25) is 4.79 Å². The van der Waals surface area contributed by atoms with Gasteiger partial charge in [-0.25, -0.2) is 9.59 Å². The zero-order valence-electron chi connectivity index (χ0n) is 18.0. The first-order chi connectivity index (χ1) is 15.4. The molecule has 0 aromatic heterocycles. The van der Waals surface area contributed by atoms with Gasteiger partial charge in [0.05, 0.1) is 6.04 Å². The molecule has 168 valence electrons. The fourth-order valence-electron chi connectivity index (χ4n) is 3.94. The molecule has 0 saturated heterocycles. The minimum atomic E-state index is -1.18. The van der Waals surface area contributed by atoms with Gasteiger partial charge in [-0.15, -0.1) is 0 Å². The standard InChI is InChI=1S/C25H28N2O5/c1-16(24(29)30)14-23(28)22(12-6-7-13-26)27-25(31)32-15-21-19-10-4-2-8-17(19)18-9-3-5-11-20(18)21/h2-5,8-11,14,21-22H,6-7,12-13,15,26H2,1H3,(H,27,31)(H,29,30)/t22-/m0/s1. The average Bonchev–Trinajstić information content (AvgIpc) is 3.10. The van der Waals surface area contributed by atoms with Crippen molar-refractivity contribution >= 4 is 17.8 Å². The molecule has 1 aliphatic rings. The summed E-state index contributed by atoms with van der Waals surface area (Å²) in [5.41, 5.74) is 9.87. The smallest absolute Gasteiger partial charge is 0.407 e. The van der Waals surface area contributed by atoms with Gasteiger partial charge in [-0.1, -0.05) is 48.5 Å². The number of ether oxygens (including phenoxy) is 1. The Hall–Kier alpha value is -3.45. The first kappa shape index (κ1) is 23.2. The molecule has 0 aliphatic heterocycles. The highest BCUT2D eigenvalue weighted by molar-refractivity contribution is 6.02. The molecular weight excluding hydrogens is 408 g/mol. The summed E-state index contributed by atoms with van der Waals surface area (Å²) >= 11 is 0. The Kier molecular flexibility index (Phi) is 7.78. The summed E-state index contributed by atoms with van der Waals surface area (Å²) in [7, 11) is 0. The number of nitrogens with two attached hydrogens (primary N) is 1.